The molecule has 206 valence electrons. The van der Waals surface area contributed by atoms with E-state index < -0.39 is 28.0 Å². The number of carbonyl (C=O) groups is 2. The number of aliphatic hydroxyl groups excluding tert-OH is 1. The van der Waals surface area contributed by atoms with Crippen molar-refractivity contribution in [3.8, 4) is 16.9 Å². The second-order valence-corrected chi connectivity index (χ2v) is 11.3. The number of sulfonamides is 1. The molecule has 10 nitrogen and oxygen atoms in total. The maximum atomic E-state index is 12.4. The molecule has 11 heteroatoms. The first-order valence-corrected chi connectivity index (χ1v) is 14.2. The molecule has 0 bridgehead atoms. The van der Waals surface area contributed by atoms with Crippen LogP contribution in [0.2, 0.25) is 0 Å². The summed E-state index contributed by atoms with van der Waals surface area (Å²) in [5.41, 5.74) is 5.09. The van der Waals surface area contributed by atoms with Crippen LogP contribution in [-0.4, -0.2) is 50.4 Å². The van der Waals surface area contributed by atoms with Crippen molar-refractivity contribution in [1.29, 1.82) is 0 Å². The Morgan fingerprint density at radius 3 is 2.51 bits per heavy atom. The maximum absolute atomic E-state index is 12.4. The van der Waals surface area contributed by atoms with Crippen molar-refractivity contribution >= 4 is 33.3 Å². The van der Waals surface area contributed by atoms with Gasteiger partial charge in [0.15, 0.2) is 0 Å². The van der Waals surface area contributed by atoms with Gasteiger partial charge in [-0.3, -0.25) is 14.3 Å². The van der Waals surface area contributed by atoms with Crippen LogP contribution >= 0.6 is 0 Å². The zero-order chi connectivity index (χ0) is 28.2. The van der Waals surface area contributed by atoms with E-state index in [2.05, 4.69) is 20.1 Å². The van der Waals surface area contributed by atoms with Gasteiger partial charge in [-0.1, -0.05) is 42.5 Å². The number of methoxy groups -OCH3 is 1. The molecule has 0 saturated heterocycles. The largest absolute Gasteiger partial charge is 0.506 e. The summed E-state index contributed by atoms with van der Waals surface area (Å²) in [7, 11) is -2.26. The first-order chi connectivity index (χ1) is 18.5. The quantitative estimate of drug-likeness (QED) is 0.190. The zero-order valence-electron chi connectivity index (χ0n) is 21.6. The van der Waals surface area contributed by atoms with Crippen LogP contribution in [0.1, 0.15) is 29.2 Å². The van der Waals surface area contributed by atoms with Gasteiger partial charge >= 0.3 is 5.97 Å². The lowest BCUT2D eigenvalue weighted by molar-refractivity contribution is -0.143. The van der Waals surface area contributed by atoms with Gasteiger partial charge in [0, 0.05) is 18.8 Å². The van der Waals surface area contributed by atoms with E-state index in [-0.39, 0.29) is 30.3 Å². The van der Waals surface area contributed by atoms with E-state index in [1.807, 2.05) is 42.5 Å². The van der Waals surface area contributed by atoms with Crippen LogP contribution in [0.15, 0.2) is 60.7 Å². The Morgan fingerprint density at radius 2 is 1.82 bits per heavy atom. The molecule has 0 saturated carbocycles. The van der Waals surface area contributed by atoms with E-state index in [4.69, 9.17) is 0 Å². The van der Waals surface area contributed by atoms with E-state index in [0.717, 1.165) is 34.2 Å². The van der Waals surface area contributed by atoms with Gasteiger partial charge < -0.3 is 25.6 Å². The van der Waals surface area contributed by atoms with Crippen molar-refractivity contribution in [2.45, 2.75) is 25.5 Å². The third kappa shape index (κ3) is 7.34. The number of amides is 1. The minimum Gasteiger partial charge on any atom is -0.506 e. The van der Waals surface area contributed by atoms with Gasteiger partial charge in [-0.05, 0) is 52.4 Å². The number of carbonyl (C=O) groups excluding carboxylic acids is 2. The summed E-state index contributed by atoms with van der Waals surface area (Å²) in [5.74, 6) is -1.27. The fourth-order valence-electron chi connectivity index (χ4n) is 4.42. The zero-order valence-corrected chi connectivity index (χ0v) is 22.4. The molecule has 5 N–H and O–H groups in total. The van der Waals surface area contributed by atoms with Crippen molar-refractivity contribution in [2.24, 2.45) is 5.92 Å². The van der Waals surface area contributed by atoms with Gasteiger partial charge in [-0.25, -0.2) is 8.42 Å². The van der Waals surface area contributed by atoms with Crippen molar-refractivity contribution in [1.82, 2.24) is 5.32 Å². The molecule has 0 aromatic heterocycles. The van der Waals surface area contributed by atoms with E-state index in [1.54, 1.807) is 0 Å². The van der Waals surface area contributed by atoms with Crippen LogP contribution in [-0.2, 0) is 37.3 Å². The normalized spacial score (nSPS) is 15.7. The molecule has 0 radical (unpaired) electrons. The number of hydrogen-bond donors (Lipinski definition) is 5. The lowest BCUT2D eigenvalue weighted by atomic mass is 9.89. The molecule has 0 aliphatic carbocycles. The maximum Gasteiger partial charge on any atom is 0.306 e. The van der Waals surface area contributed by atoms with Gasteiger partial charge in [0.05, 0.1) is 37.5 Å². The van der Waals surface area contributed by atoms with E-state index in [9.17, 15) is 28.2 Å². The number of benzene rings is 3. The first kappa shape index (κ1) is 28.1. The van der Waals surface area contributed by atoms with E-state index >= 15 is 0 Å². The highest BCUT2D eigenvalue weighted by molar-refractivity contribution is 7.92. The van der Waals surface area contributed by atoms with E-state index in [0.29, 0.717) is 18.5 Å². The number of aromatic hydroxyl groups is 1. The van der Waals surface area contributed by atoms with Crippen LogP contribution in [0, 0.1) is 5.92 Å². The molecule has 3 aromatic carbocycles. The number of esters is 1. The highest BCUT2D eigenvalue weighted by atomic mass is 32.2. The molecule has 39 heavy (non-hydrogen) atoms. The number of anilines is 2. The summed E-state index contributed by atoms with van der Waals surface area (Å²) in [6.07, 6.45) is 0.595. The van der Waals surface area contributed by atoms with Gasteiger partial charge in [0.2, 0.25) is 15.9 Å². The highest BCUT2D eigenvalue weighted by Crippen LogP contribution is 2.32. The Kier molecular flexibility index (Phi) is 8.54. The van der Waals surface area contributed by atoms with Crippen LogP contribution in [0.3, 0.4) is 0 Å². The van der Waals surface area contributed by atoms with Crippen molar-refractivity contribution < 1.29 is 33.0 Å². The molecule has 4 rings (SSSR count). The molecule has 3 aromatic rings. The molecule has 1 heterocycles. The number of aliphatic hydroxyl groups is 1. The van der Waals surface area contributed by atoms with Crippen molar-refractivity contribution in [3.05, 3.63) is 77.4 Å². The fourth-order valence-corrected chi connectivity index (χ4v) is 4.98. The highest BCUT2D eigenvalue weighted by Gasteiger charge is 2.28. The molecule has 1 amide bonds. The molecule has 0 spiro atoms. The predicted molar refractivity (Wildman–Crippen MR) is 148 cm³/mol. The topological polar surface area (TPSA) is 154 Å². The standard InChI is InChI=1S/C28H31N3O7S/c1-38-27(34)14-22-11-20-8-7-19(12-23(20)30-28(22)35)18-5-3-17(4-6-18)15-29-16-26(33)21-9-10-25(32)24(13-21)31-39(2,36)37/h3-10,12-13,22,26,29,31-33H,11,14-16H2,1-2H3,(H,30,35)/t22?,26-/m0/s1. The summed E-state index contributed by atoms with van der Waals surface area (Å²) < 4.78 is 29.9. The third-order valence-electron chi connectivity index (χ3n) is 6.50. The summed E-state index contributed by atoms with van der Waals surface area (Å²) in [4.78, 5) is 24.0. The monoisotopic (exact) mass is 553 g/mol. The number of fused-ring (bicyclic) bond motifs is 1. The Hall–Kier alpha value is -3.93. The third-order valence-corrected chi connectivity index (χ3v) is 7.09. The average molecular weight is 554 g/mol. The smallest absolute Gasteiger partial charge is 0.306 e. The van der Waals surface area contributed by atoms with Crippen LogP contribution in [0.4, 0.5) is 11.4 Å². The summed E-state index contributed by atoms with van der Waals surface area (Å²) >= 11 is 0. The predicted octanol–water partition coefficient (Wildman–Crippen LogP) is 2.93. The van der Waals surface area contributed by atoms with Crippen LogP contribution in [0.5, 0.6) is 5.75 Å². The molecule has 0 fully saturated rings. The minimum absolute atomic E-state index is 0.00685. The van der Waals surface area contributed by atoms with E-state index in [1.165, 1.54) is 25.3 Å². The van der Waals surface area contributed by atoms with Gasteiger partial charge in [0.1, 0.15) is 5.75 Å². The Bertz CT molecular complexity index is 1470. The average Bonchev–Trinajstić information content (AvgIpc) is 2.89. The molecule has 1 aliphatic heterocycles. The SMILES string of the molecule is COC(=O)CC1Cc2ccc(-c3ccc(CNC[C@H](O)c4ccc(O)c(NS(C)(=O)=O)c4)cc3)cc2NC1=O. The Labute approximate surface area is 227 Å². The number of rotatable bonds is 10. The molecule has 1 aliphatic rings. The van der Waals surface area contributed by atoms with Crippen LogP contribution in [0.25, 0.3) is 11.1 Å². The molecular formula is C28H31N3O7S. The number of phenols is 1. The summed E-state index contributed by atoms with van der Waals surface area (Å²) in [6.45, 7) is 0.706. The molecule has 1 unspecified atom stereocenters. The number of nitrogens with one attached hydrogen (secondary N) is 3. The lowest BCUT2D eigenvalue weighted by Gasteiger charge is -2.24. The second kappa shape index (κ2) is 11.9. The minimum atomic E-state index is -3.57. The van der Waals surface area contributed by atoms with Crippen molar-refractivity contribution in [2.75, 3.05) is 29.9 Å². The lowest BCUT2D eigenvalue weighted by Crippen LogP contribution is -2.31. The first-order valence-electron chi connectivity index (χ1n) is 12.3. The second-order valence-electron chi connectivity index (χ2n) is 9.54. The van der Waals surface area contributed by atoms with Gasteiger partial charge in [-0.15, -0.1) is 0 Å². The van der Waals surface area contributed by atoms with Gasteiger partial charge in [-0.2, -0.15) is 0 Å². The summed E-state index contributed by atoms with van der Waals surface area (Å²) in [5, 5.41) is 26.5. The van der Waals surface area contributed by atoms with Crippen molar-refractivity contribution in [3.63, 3.8) is 0 Å². The Balaban J connectivity index is 1.34. The molecule has 2 atom stereocenters. The fraction of sp³-hybridized carbons (Fsp3) is 0.286. The number of phenolic OH excluding ortho intramolecular Hbond substituents is 1. The van der Waals surface area contributed by atoms with Crippen LogP contribution < -0.4 is 15.4 Å². The molecular weight excluding hydrogens is 522 g/mol. The summed E-state index contributed by atoms with van der Waals surface area (Å²) in [6, 6.07) is 18.0. The Morgan fingerprint density at radius 1 is 1.10 bits per heavy atom. The number of hydrogen-bond acceptors (Lipinski definition) is 8. The van der Waals surface area contributed by atoms with Gasteiger partial charge in [0.25, 0.3) is 0 Å². The number of ether oxygens (including phenoxy) is 1.